The van der Waals surface area contributed by atoms with Gasteiger partial charge in [-0.2, -0.15) is 0 Å². The average molecular weight is 212 g/mol. The van der Waals surface area contributed by atoms with Gasteiger partial charge in [0.05, 0.1) is 0 Å². The first-order valence-electron chi connectivity index (χ1n) is 6.44. The Morgan fingerprint density at radius 2 is 2.00 bits per heavy atom. The van der Waals surface area contributed by atoms with E-state index in [1.54, 1.807) is 0 Å². The van der Waals surface area contributed by atoms with Crippen LogP contribution in [0.2, 0.25) is 0 Å². The molecule has 1 fully saturated rings. The molecule has 0 radical (unpaired) electrons. The van der Waals surface area contributed by atoms with E-state index in [2.05, 4.69) is 6.92 Å². The van der Waals surface area contributed by atoms with Crippen molar-refractivity contribution in [1.82, 2.24) is 0 Å². The molecule has 0 aromatic rings. The van der Waals surface area contributed by atoms with Crippen LogP contribution in [0.4, 0.5) is 0 Å². The number of rotatable bonds is 6. The topological polar surface area (TPSA) is 37.3 Å². The van der Waals surface area contributed by atoms with Gasteiger partial charge in [-0.05, 0) is 24.7 Å². The number of hydrogen-bond acceptors (Lipinski definition) is 1. The fourth-order valence-electron chi connectivity index (χ4n) is 2.74. The Labute approximate surface area is 93.1 Å². The van der Waals surface area contributed by atoms with Crippen molar-refractivity contribution in [3.05, 3.63) is 0 Å². The number of carboxylic acids is 1. The van der Waals surface area contributed by atoms with E-state index in [1.165, 1.54) is 38.5 Å². The summed E-state index contributed by atoms with van der Waals surface area (Å²) in [5.41, 5.74) is 0. The molecular formula is C13H24O2. The molecule has 1 rings (SSSR count). The van der Waals surface area contributed by atoms with Gasteiger partial charge < -0.3 is 5.11 Å². The normalized spacial score (nSPS) is 26.5. The Kier molecular flexibility index (Phi) is 5.74. The van der Waals surface area contributed by atoms with Crippen LogP contribution in [0, 0.1) is 11.8 Å². The molecule has 0 bridgehead atoms. The quantitative estimate of drug-likeness (QED) is 0.679. The molecule has 0 amide bonds. The third kappa shape index (κ3) is 5.19. The smallest absolute Gasteiger partial charge is 0.303 e. The van der Waals surface area contributed by atoms with Gasteiger partial charge in [0.15, 0.2) is 0 Å². The van der Waals surface area contributed by atoms with Crippen LogP contribution in [0.1, 0.15) is 64.7 Å². The van der Waals surface area contributed by atoms with Crippen molar-refractivity contribution in [2.24, 2.45) is 11.8 Å². The zero-order chi connectivity index (χ0) is 11.1. The molecule has 0 spiro atoms. The Morgan fingerprint density at radius 3 is 2.67 bits per heavy atom. The highest BCUT2D eigenvalue weighted by Gasteiger charge is 2.20. The minimum Gasteiger partial charge on any atom is -0.481 e. The van der Waals surface area contributed by atoms with Gasteiger partial charge in [0.1, 0.15) is 0 Å². The standard InChI is InChI=1S/C13H24O2/c1-2-11-7-5-8-12(10-11)6-3-4-9-13(14)15/h11-12H,2-10H2,1H3,(H,14,15). The molecule has 15 heavy (non-hydrogen) atoms. The maximum Gasteiger partial charge on any atom is 0.303 e. The second-order valence-electron chi connectivity index (χ2n) is 4.95. The van der Waals surface area contributed by atoms with Gasteiger partial charge in [-0.25, -0.2) is 0 Å². The first kappa shape index (κ1) is 12.5. The van der Waals surface area contributed by atoms with Gasteiger partial charge in [0, 0.05) is 6.42 Å². The lowest BCUT2D eigenvalue weighted by molar-refractivity contribution is -0.137. The Hall–Kier alpha value is -0.530. The molecule has 0 aromatic carbocycles. The molecule has 1 aliphatic carbocycles. The summed E-state index contributed by atoms with van der Waals surface area (Å²) in [6.45, 7) is 2.29. The third-order valence-electron chi connectivity index (χ3n) is 3.72. The van der Waals surface area contributed by atoms with E-state index in [0.29, 0.717) is 6.42 Å². The van der Waals surface area contributed by atoms with Crippen molar-refractivity contribution in [2.75, 3.05) is 0 Å². The molecule has 1 saturated carbocycles. The van der Waals surface area contributed by atoms with Gasteiger partial charge >= 0.3 is 5.97 Å². The van der Waals surface area contributed by atoms with Crippen molar-refractivity contribution in [1.29, 1.82) is 0 Å². The van der Waals surface area contributed by atoms with E-state index < -0.39 is 5.97 Å². The van der Waals surface area contributed by atoms with E-state index in [4.69, 9.17) is 5.11 Å². The van der Waals surface area contributed by atoms with Crippen LogP contribution in [0.15, 0.2) is 0 Å². The van der Waals surface area contributed by atoms with Crippen LogP contribution in [-0.2, 0) is 4.79 Å². The van der Waals surface area contributed by atoms with Crippen LogP contribution in [0.3, 0.4) is 0 Å². The number of aliphatic carboxylic acids is 1. The van der Waals surface area contributed by atoms with Crippen molar-refractivity contribution in [3.63, 3.8) is 0 Å². The van der Waals surface area contributed by atoms with Crippen LogP contribution >= 0.6 is 0 Å². The zero-order valence-electron chi connectivity index (χ0n) is 9.87. The zero-order valence-corrected chi connectivity index (χ0v) is 9.87. The number of unbranched alkanes of at least 4 members (excludes halogenated alkanes) is 1. The molecule has 0 heterocycles. The summed E-state index contributed by atoms with van der Waals surface area (Å²) >= 11 is 0. The SMILES string of the molecule is CCC1CCCC(CCCCC(=O)O)C1. The summed E-state index contributed by atoms with van der Waals surface area (Å²) < 4.78 is 0. The fraction of sp³-hybridized carbons (Fsp3) is 0.923. The summed E-state index contributed by atoms with van der Waals surface area (Å²) in [6.07, 6.45) is 10.5. The second kappa shape index (κ2) is 6.86. The molecule has 88 valence electrons. The number of carboxylic acid groups (broad SMARTS) is 1. The third-order valence-corrected chi connectivity index (χ3v) is 3.72. The highest BCUT2D eigenvalue weighted by Crippen LogP contribution is 2.33. The predicted molar refractivity (Wildman–Crippen MR) is 61.8 cm³/mol. The Balaban J connectivity index is 2.07. The Bertz CT molecular complexity index is 189. The van der Waals surface area contributed by atoms with E-state index >= 15 is 0 Å². The van der Waals surface area contributed by atoms with Crippen molar-refractivity contribution in [2.45, 2.75) is 64.7 Å². The molecule has 2 nitrogen and oxygen atoms in total. The van der Waals surface area contributed by atoms with Gasteiger partial charge in [-0.3, -0.25) is 4.79 Å². The molecule has 0 aromatic heterocycles. The van der Waals surface area contributed by atoms with Crippen LogP contribution in [-0.4, -0.2) is 11.1 Å². The Morgan fingerprint density at radius 1 is 1.27 bits per heavy atom. The van der Waals surface area contributed by atoms with Crippen LogP contribution in [0.25, 0.3) is 0 Å². The van der Waals surface area contributed by atoms with Gasteiger partial charge in [0.25, 0.3) is 0 Å². The molecule has 1 aliphatic rings. The molecule has 2 unspecified atom stereocenters. The fourth-order valence-corrected chi connectivity index (χ4v) is 2.74. The lowest BCUT2D eigenvalue weighted by Crippen LogP contribution is -2.15. The van der Waals surface area contributed by atoms with Crippen molar-refractivity contribution >= 4 is 5.97 Å². The monoisotopic (exact) mass is 212 g/mol. The van der Waals surface area contributed by atoms with Crippen LogP contribution in [0.5, 0.6) is 0 Å². The average Bonchev–Trinajstić information content (AvgIpc) is 2.24. The summed E-state index contributed by atoms with van der Waals surface area (Å²) in [5.74, 6) is 1.19. The summed E-state index contributed by atoms with van der Waals surface area (Å²) in [6, 6.07) is 0. The van der Waals surface area contributed by atoms with Crippen molar-refractivity contribution in [3.8, 4) is 0 Å². The van der Waals surface area contributed by atoms with Gasteiger partial charge in [-0.15, -0.1) is 0 Å². The van der Waals surface area contributed by atoms with Crippen molar-refractivity contribution < 1.29 is 9.90 Å². The molecular weight excluding hydrogens is 188 g/mol. The second-order valence-corrected chi connectivity index (χ2v) is 4.95. The minimum atomic E-state index is -0.648. The molecule has 0 aliphatic heterocycles. The molecule has 0 saturated heterocycles. The molecule has 1 N–H and O–H groups in total. The maximum atomic E-state index is 10.3. The van der Waals surface area contributed by atoms with Gasteiger partial charge in [-0.1, -0.05) is 45.4 Å². The van der Waals surface area contributed by atoms with E-state index in [9.17, 15) is 4.79 Å². The lowest BCUT2D eigenvalue weighted by atomic mass is 9.78. The summed E-state index contributed by atoms with van der Waals surface area (Å²) in [5, 5.41) is 8.53. The largest absolute Gasteiger partial charge is 0.481 e. The lowest BCUT2D eigenvalue weighted by Gasteiger charge is -2.28. The summed E-state index contributed by atoms with van der Waals surface area (Å²) in [7, 11) is 0. The van der Waals surface area contributed by atoms with Gasteiger partial charge in [0.2, 0.25) is 0 Å². The highest BCUT2D eigenvalue weighted by molar-refractivity contribution is 5.66. The first-order chi connectivity index (χ1) is 7.22. The number of carbonyl (C=O) groups is 1. The molecule has 2 atom stereocenters. The minimum absolute atomic E-state index is 0.351. The highest BCUT2D eigenvalue weighted by atomic mass is 16.4. The van der Waals surface area contributed by atoms with E-state index in [-0.39, 0.29) is 0 Å². The van der Waals surface area contributed by atoms with Crippen LogP contribution < -0.4 is 0 Å². The maximum absolute atomic E-state index is 10.3. The first-order valence-corrected chi connectivity index (χ1v) is 6.44. The number of hydrogen-bond donors (Lipinski definition) is 1. The summed E-state index contributed by atoms with van der Waals surface area (Å²) in [4.78, 5) is 10.3. The van der Waals surface area contributed by atoms with E-state index in [1.807, 2.05) is 0 Å². The van der Waals surface area contributed by atoms with E-state index in [0.717, 1.165) is 24.7 Å². The molecule has 2 heteroatoms. The predicted octanol–water partition coefficient (Wildman–Crippen LogP) is 3.85.